The van der Waals surface area contributed by atoms with Crippen LogP contribution >= 0.6 is 24.8 Å². The molecule has 2 fully saturated rings. The molecule has 2 aliphatic rings. The molecule has 0 radical (unpaired) electrons. The zero-order valence-electron chi connectivity index (χ0n) is 17.6. The topological polar surface area (TPSA) is 86.1 Å². The summed E-state index contributed by atoms with van der Waals surface area (Å²) in [5.41, 5.74) is 6.40. The first-order chi connectivity index (χ1) is 13.6. The third-order valence-electron chi connectivity index (χ3n) is 5.72. The van der Waals surface area contributed by atoms with E-state index in [1.165, 1.54) is 0 Å². The summed E-state index contributed by atoms with van der Waals surface area (Å²) in [6.07, 6.45) is 3.28. The number of nitrogens with one attached hydrogen (secondary N) is 1. The number of rotatable bonds is 8. The first-order valence-electron chi connectivity index (χ1n) is 10.2. The molecule has 0 aromatic heterocycles. The van der Waals surface area contributed by atoms with Crippen molar-refractivity contribution >= 4 is 30.7 Å². The van der Waals surface area contributed by atoms with Gasteiger partial charge >= 0.3 is 0 Å². The second-order valence-corrected chi connectivity index (χ2v) is 7.77. The monoisotopic (exact) mass is 463 g/mol. The molecule has 7 nitrogen and oxygen atoms in total. The summed E-state index contributed by atoms with van der Waals surface area (Å²) in [5.74, 6) is 0.709. The quantitative estimate of drug-likeness (QED) is 0.613. The highest BCUT2D eigenvalue weighted by Crippen LogP contribution is 2.19. The van der Waals surface area contributed by atoms with Crippen molar-refractivity contribution in [3.8, 4) is 5.75 Å². The van der Waals surface area contributed by atoms with Gasteiger partial charge in [-0.2, -0.15) is 0 Å². The number of nitrogens with two attached hydrogens (primary N) is 1. The Hall–Kier alpha value is -1.09. The van der Waals surface area contributed by atoms with Gasteiger partial charge in [0.25, 0.3) is 0 Å². The van der Waals surface area contributed by atoms with E-state index in [2.05, 4.69) is 17.3 Å². The van der Waals surface area contributed by atoms with E-state index in [0.29, 0.717) is 45.2 Å². The summed E-state index contributed by atoms with van der Waals surface area (Å²) in [4.78, 5) is 14.8. The van der Waals surface area contributed by atoms with Gasteiger partial charge in [-0.25, -0.2) is 0 Å². The van der Waals surface area contributed by atoms with Crippen LogP contribution in [0.15, 0.2) is 24.3 Å². The molecule has 2 heterocycles. The van der Waals surface area contributed by atoms with Crippen molar-refractivity contribution in [1.82, 2.24) is 10.2 Å². The van der Waals surface area contributed by atoms with Gasteiger partial charge in [-0.3, -0.25) is 9.69 Å². The van der Waals surface area contributed by atoms with Crippen LogP contribution in [0.25, 0.3) is 0 Å². The van der Waals surface area contributed by atoms with Gasteiger partial charge in [-0.05, 0) is 50.4 Å². The Labute approximate surface area is 191 Å². The lowest BCUT2D eigenvalue weighted by molar-refractivity contribution is -0.129. The Bertz CT molecular complexity index is 638. The maximum Gasteiger partial charge on any atom is 0.240 e. The molecule has 9 heteroatoms. The molecule has 3 rings (SSSR count). The van der Waals surface area contributed by atoms with Crippen molar-refractivity contribution in [2.75, 3.05) is 46.6 Å². The van der Waals surface area contributed by atoms with Gasteiger partial charge in [-0.15, -0.1) is 24.8 Å². The maximum absolute atomic E-state index is 12.4. The fraction of sp³-hybridized carbons (Fsp3) is 0.667. The molecule has 0 saturated carbocycles. The van der Waals surface area contributed by atoms with Crippen LogP contribution in [-0.2, 0) is 20.8 Å². The summed E-state index contributed by atoms with van der Waals surface area (Å²) < 4.78 is 16.6. The van der Waals surface area contributed by atoms with Crippen LogP contribution in [0.2, 0.25) is 0 Å². The van der Waals surface area contributed by atoms with Gasteiger partial charge in [0.15, 0.2) is 0 Å². The van der Waals surface area contributed by atoms with E-state index in [1.54, 1.807) is 0 Å². The van der Waals surface area contributed by atoms with Crippen molar-refractivity contribution in [1.29, 1.82) is 0 Å². The Morgan fingerprint density at radius 1 is 1.20 bits per heavy atom. The third kappa shape index (κ3) is 7.87. The predicted molar refractivity (Wildman–Crippen MR) is 122 cm³/mol. The number of ether oxygens (including phenoxy) is 3. The molecule has 1 aromatic carbocycles. The lowest BCUT2D eigenvalue weighted by Crippen LogP contribution is -2.56. The van der Waals surface area contributed by atoms with Gasteiger partial charge in [-0.1, -0.05) is 12.1 Å². The van der Waals surface area contributed by atoms with E-state index in [-0.39, 0.29) is 30.7 Å². The smallest absolute Gasteiger partial charge is 0.240 e. The minimum absolute atomic E-state index is 0. The van der Waals surface area contributed by atoms with Gasteiger partial charge in [0.1, 0.15) is 12.4 Å². The largest absolute Gasteiger partial charge is 0.492 e. The number of halogens is 2. The molecule has 2 aliphatic heterocycles. The van der Waals surface area contributed by atoms with Gasteiger partial charge in [0.2, 0.25) is 5.91 Å². The second kappa shape index (κ2) is 13.3. The van der Waals surface area contributed by atoms with Crippen molar-refractivity contribution in [2.24, 2.45) is 5.73 Å². The zero-order valence-corrected chi connectivity index (χ0v) is 19.3. The van der Waals surface area contributed by atoms with E-state index in [0.717, 1.165) is 43.9 Å². The van der Waals surface area contributed by atoms with E-state index in [1.807, 2.05) is 24.3 Å². The average molecular weight is 464 g/mol. The van der Waals surface area contributed by atoms with Crippen molar-refractivity contribution in [3.05, 3.63) is 29.8 Å². The van der Waals surface area contributed by atoms with Crippen LogP contribution in [0.1, 0.15) is 31.2 Å². The minimum Gasteiger partial charge on any atom is -0.492 e. The Kier molecular flexibility index (Phi) is 12.0. The second-order valence-electron chi connectivity index (χ2n) is 7.77. The molecule has 0 unspecified atom stereocenters. The number of hydrogen-bond acceptors (Lipinski definition) is 6. The molecule has 3 N–H and O–H groups in total. The van der Waals surface area contributed by atoms with Gasteiger partial charge < -0.3 is 25.3 Å². The normalized spacial score (nSPS) is 18.8. The first kappa shape index (κ1) is 26.9. The summed E-state index contributed by atoms with van der Waals surface area (Å²) in [6, 6.07) is 8.43. The molecule has 30 heavy (non-hydrogen) atoms. The Balaban J connectivity index is 0.00000225. The summed E-state index contributed by atoms with van der Waals surface area (Å²) in [6.45, 7) is 4.73. The highest BCUT2D eigenvalue weighted by molar-refractivity contribution is 5.86. The van der Waals surface area contributed by atoms with E-state index >= 15 is 0 Å². The number of benzene rings is 1. The summed E-state index contributed by atoms with van der Waals surface area (Å²) in [5, 5.41) is 2.96. The molecule has 2 saturated heterocycles. The van der Waals surface area contributed by atoms with Crippen LogP contribution in [0, 0.1) is 0 Å². The van der Waals surface area contributed by atoms with Crippen LogP contribution in [0.3, 0.4) is 0 Å². The van der Waals surface area contributed by atoms with E-state index in [4.69, 9.17) is 19.9 Å². The molecular formula is C21H35Cl2N3O4. The van der Waals surface area contributed by atoms with Crippen molar-refractivity contribution in [2.45, 2.75) is 43.8 Å². The number of carbonyl (C=O) groups excluding carboxylic acids is 1. The van der Waals surface area contributed by atoms with Gasteiger partial charge in [0, 0.05) is 45.6 Å². The molecule has 1 aromatic rings. The first-order valence-corrected chi connectivity index (χ1v) is 10.2. The van der Waals surface area contributed by atoms with Crippen LogP contribution < -0.4 is 15.8 Å². The fourth-order valence-corrected chi connectivity index (χ4v) is 3.68. The van der Waals surface area contributed by atoms with Crippen LogP contribution in [-0.4, -0.2) is 69.0 Å². The molecular weight excluding hydrogens is 429 g/mol. The summed E-state index contributed by atoms with van der Waals surface area (Å²) >= 11 is 0. The maximum atomic E-state index is 12.4. The van der Waals surface area contributed by atoms with E-state index in [9.17, 15) is 4.79 Å². The Morgan fingerprint density at radius 2 is 1.87 bits per heavy atom. The predicted octanol–water partition coefficient (Wildman–Crippen LogP) is 2.14. The number of amides is 1. The van der Waals surface area contributed by atoms with Gasteiger partial charge in [0.05, 0.1) is 5.54 Å². The number of hydrogen-bond donors (Lipinski definition) is 2. The molecule has 0 atom stereocenters. The standard InChI is InChI=1S/C21H33N3O4.2ClH/c1-24(18-5-10-26-11-6-18)9-14-28-19-4-2-3-17(15-19)16-23-20(25)21(22)7-12-27-13-8-21;;/h2-4,15,18H,5-14,16,22H2,1H3,(H,23,25);2*1H. The summed E-state index contributed by atoms with van der Waals surface area (Å²) in [7, 11) is 2.14. The molecule has 0 aliphatic carbocycles. The number of carbonyl (C=O) groups is 1. The molecule has 0 spiro atoms. The van der Waals surface area contributed by atoms with Crippen molar-refractivity contribution < 1.29 is 19.0 Å². The van der Waals surface area contributed by atoms with Crippen LogP contribution in [0.5, 0.6) is 5.75 Å². The Morgan fingerprint density at radius 3 is 2.57 bits per heavy atom. The average Bonchev–Trinajstić information content (AvgIpc) is 2.73. The SMILES string of the molecule is CN(CCOc1cccc(CNC(=O)C2(N)CCOCC2)c1)C1CCOCC1.Cl.Cl. The number of nitrogens with zero attached hydrogens (tertiary/aromatic N) is 1. The zero-order chi connectivity index (χ0) is 19.8. The molecule has 0 bridgehead atoms. The highest BCUT2D eigenvalue weighted by atomic mass is 35.5. The third-order valence-corrected chi connectivity index (χ3v) is 5.72. The lowest BCUT2D eigenvalue weighted by Gasteiger charge is -2.31. The molecule has 172 valence electrons. The number of likely N-dealkylation sites (N-methyl/N-ethyl adjacent to an activating group) is 1. The van der Waals surface area contributed by atoms with Crippen molar-refractivity contribution in [3.63, 3.8) is 0 Å². The highest BCUT2D eigenvalue weighted by Gasteiger charge is 2.35. The fourth-order valence-electron chi connectivity index (χ4n) is 3.68. The minimum atomic E-state index is -0.818. The molecule has 1 amide bonds. The van der Waals surface area contributed by atoms with Crippen LogP contribution in [0.4, 0.5) is 0 Å². The lowest BCUT2D eigenvalue weighted by atomic mass is 9.90. The van der Waals surface area contributed by atoms with E-state index < -0.39 is 5.54 Å².